The number of aliphatic hydroxyl groups is 1. The number of rotatable bonds is 4. The zero-order valence-corrected chi connectivity index (χ0v) is 8.30. The quantitative estimate of drug-likeness (QED) is 0.563. The van der Waals surface area contributed by atoms with E-state index >= 15 is 0 Å². The summed E-state index contributed by atoms with van der Waals surface area (Å²) < 4.78 is 0. The number of aliphatic carboxylic acids is 2. The number of carbonyl (C=O) groups is 2. The summed E-state index contributed by atoms with van der Waals surface area (Å²) in [4.78, 5) is 23.4. The van der Waals surface area contributed by atoms with Crippen LogP contribution in [-0.2, 0) is 9.59 Å². The highest BCUT2D eigenvalue weighted by molar-refractivity contribution is 5.80. The Labute approximate surface area is 87.1 Å². The van der Waals surface area contributed by atoms with E-state index in [1.165, 1.54) is 0 Å². The Balaban J connectivity index is 2.65. The maximum atomic E-state index is 10.9. The molecule has 86 valence electrons. The second kappa shape index (κ2) is 5.09. The molecule has 0 spiro atoms. The van der Waals surface area contributed by atoms with Crippen molar-refractivity contribution in [2.45, 2.75) is 6.42 Å². The van der Waals surface area contributed by atoms with Gasteiger partial charge in [0.25, 0.3) is 0 Å². The summed E-state index contributed by atoms with van der Waals surface area (Å²) in [6.45, 7) is 1.09. The van der Waals surface area contributed by atoms with Gasteiger partial charge in [-0.15, -0.1) is 0 Å². The Kier molecular flexibility index (Phi) is 4.05. The Hall–Kier alpha value is -1.14. The minimum absolute atomic E-state index is 0.0376. The standard InChI is InChI=1S/C9H15NO5/c11-4-3-10-2-1-6(8(12)13)7(5-10)9(14)15/h6-7,11H,1-5H2,(H,12,13)(H,14,15). The third-order valence-corrected chi connectivity index (χ3v) is 2.75. The van der Waals surface area contributed by atoms with Crippen molar-refractivity contribution >= 4 is 11.9 Å². The van der Waals surface area contributed by atoms with Gasteiger partial charge in [0.15, 0.2) is 0 Å². The summed E-state index contributed by atoms with van der Waals surface area (Å²) in [5, 5.41) is 26.4. The predicted molar refractivity (Wildman–Crippen MR) is 50.4 cm³/mol. The van der Waals surface area contributed by atoms with Gasteiger partial charge in [-0.2, -0.15) is 0 Å². The largest absolute Gasteiger partial charge is 0.481 e. The Morgan fingerprint density at radius 1 is 1.20 bits per heavy atom. The summed E-state index contributed by atoms with van der Waals surface area (Å²) in [5.41, 5.74) is 0. The first-order valence-corrected chi connectivity index (χ1v) is 4.85. The van der Waals surface area contributed by atoms with E-state index in [0.29, 0.717) is 19.5 Å². The van der Waals surface area contributed by atoms with Crippen molar-refractivity contribution in [2.75, 3.05) is 26.2 Å². The minimum atomic E-state index is -1.08. The summed E-state index contributed by atoms with van der Waals surface area (Å²) in [5.74, 6) is -3.81. The van der Waals surface area contributed by atoms with Crippen LogP contribution in [0.1, 0.15) is 6.42 Å². The van der Waals surface area contributed by atoms with Crippen molar-refractivity contribution in [1.82, 2.24) is 4.90 Å². The van der Waals surface area contributed by atoms with E-state index in [2.05, 4.69) is 0 Å². The van der Waals surface area contributed by atoms with E-state index in [-0.39, 0.29) is 13.2 Å². The third-order valence-electron chi connectivity index (χ3n) is 2.75. The molecule has 0 saturated carbocycles. The van der Waals surface area contributed by atoms with Crippen LogP contribution in [0.2, 0.25) is 0 Å². The molecule has 1 aliphatic heterocycles. The molecule has 0 bridgehead atoms. The lowest BCUT2D eigenvalue weighted by Crippen LogP contribution is -2.47. The summed E-state index contributed by atoms with van der Waals surface area (Å²) in [6.07, 6.45) is 0.326. The number of nitrogens with zero attached hydrogens (tertiary/aromatic N) is 1. The molecule has 6 nitrogen and oxygen atoms in total. The van der Waals surface area contributed by atoms with E-state index in [9.17, 15) is 9.59 Å². The highest BCUT2D eigenvalue weighted by Gasteiger charge is 2.38. The third kappa shape index (κ3) is 2.90. The smallest absolute Gasteiger partial charge is 0.308 e. The van der Waals surface area contributed by atoms with Crippen LogP contribution in [0.25, 0.3) is 0 Å². The number of β-amino-alcohol motifs (C(OH)–C–C–N with tert-alkyl or cyclic N) is 1. The van der Waals surface area contributed by atoms with Crippen LogP contribution < -0.4 is 0 Å². The molecule has 3 N–H and O–H groups in total. The summed E-state index contributed by atoms with van der Waals surface area (Å²) >= 11 is 0. The van der Waals surface area contributed by atoms with Crippen molar-refractivity contribution in [2.24, 2.45) is 11.8 Å². The molecule has 1 fully saturated rings. The van der Waals surface area contributed by atoms with Crippen LogP contribution >= 0.6 is 0 Å². The monoisotopic (exact) mass is 217 g/mol. The molecule has 1 rings (SSSR count). The average Bonchev–Trinajstić information content (AvgIpc) is 2.17. The molecule has 0 aromatic carbocycles. The van der Waals surface area contributed by atoms with Gasteiger partial charge in [-0.1, -0.05) is 0 Å². The fraction of sp³-hybridized carbons (Fsp3) is 0.778. The molecule has 1 heterocycles. The molecule has 15 heavy (non-hydrogen) atoms. The van der Waals surface area contributed by atoms with Crippen molar-refractivity contribution in [3.8, 4) is 0 Å². The first kappa shape index (κ1) is 11.9. The van der Waals surface area contributed by atoms with E-state index in [0.717, 1.165) is 0 Å². The Morgan fingerprint density at radius 2 is 1.80 bits per heavy atom. The molecule has 1 aliphatic rings. The number of hydrogen-bond acceptors (Lipinski definition) is 4. The molecule has 2 atom stereocenters. The average molecular weight is 217 g/mol. The second-order valence-electron chi connectivity index (χ2n) is 3.70. The van der Waals surface area contributed by atoms with Gasteiger partial charge in [0.2, 0.25) is 0 Å². The van der Waals surface area contributed by atoms with Crippen LogP contribution in [-0.4, -0.2) is 58.4 Å². The van der Waals surface area contributed by atoms with Crippen LogP contribution in [0.15, 0.2) is 0 Å². The number of carboxylic acid groups (broad SMARTS) is 2. The van der Waals surface area contributed by atoms with Crippen LogP contribution in [0.5, 0.6) is 0 Å². The zero-order valence-electron chi connectivity index (χ0n) is 8.30. The second-order valence-corrected chi connectivity index (χ2v) is 3.70. The molecular formula is C9H15NO5. The molecule has 0 aromatic rings. The number of hydrogen-bond donors (Lipinski definition) is 3. The van der Waals surface area contributed by atoms with E-state index in [4.69, 9.17) is 15.3 Å². The SMILES string of the molecule is O=C(O)C1CCN(CCO)CC1C(=O)O. The number of carboxylic acids is 2. The lowest BCUT2D eigenvalue weighted by atomic mass is 9.85. The van der Waals surface area contributed by atoms with Gasteiger partial charge in [0.05, 0.1) is 18.4 Å². The van der Waals surface area contributed by atoms with Gasteiger partial charge in [0, 0.05) is 13.1 Å². The van der Waals surface area contributed by atoms with Gasteiger partial charge in [-0.05, 0) is 13.0 Å². The molecule has 2 unspecified atom stereocenters. The molecule has 6 heteroatoms. The maximum absolute atomic E-state index is 10.9. The maximum Gasteiger partial charge on any atom is 0.308 e. The highest BCUT2D eigenvalue weighted by atomic mass is 16.4. The van der Waals surface area contributed by atoms with Gasteiger partial charge in [-0.3, -0.25) is 9.59 Å². The molecule has 0 aromatic heterocycles. The molecular weight excluding hydrogens is 202 g/mol. The topological polar surface area (TPSA) is 98.1 Å². The van der Waals surface area contributed by atoms with Crippen molar-refractivity contribution in [3.63, 3.8) is 0 Å². The van der Waals surface area contributed by atoms with E-state index < -0.39 is 23.8 Å². The van der Waals surface area contributed by atoms with Gasteiger partial charge < -0.3 is 20.2 Å². The lowest BCUT2D eigenvalue weighted by Gasteiger charge is -2.33. The van der Waals surface area contributed by atoms with Crippen LogP contribution in [0.3, 0.4) is 0 Å². The fourth-order valence-corrected chi connectivity index (χ4v) is 1.91. The fourth-order valence-electron chi connectivity index (χ4n) is 1.91. The summed E-state index contributed by atoms with van der Waals surface area (Å²) in [7, 11) is 0. The van der Waals surface area contributed by atoms with Crippen molar-refractivity contribution in [3.05, 3.63) is 0 Å². The van der Waals surface area contributed by atoms with Gasteiger partial charge in [-0.25, -0.2) is 0 Å². The number of piperidine rings is 1. The molecule has 1 saturated heterocycles. The highest BCUT2D eigenvalue weighted by Crippen LogP contribution is 2.23. The first-order chi connectivity index (χ1) is 7.06. The van der Waals surface area contributed by atoms with Crippen LogP contribution in [0.4, 0.5) is 0 Å². The molecule has 0 amide bonds. The Morgan fingerprint density at radius 3 is 2.27 bits per heavy atom. The molecule has 0 radical (unpaired) electrons. The van der Waals surface area contributed by atoms with Crippen LogP contribution in [0, 0.1) is 11.8 Å². The minimum Gasteiger partial charge on any atom is -0.481 e. The lowest BCUT2D eigenvalue weighted by molar-refractivity contribution is -0.157. The van der Waals surface area contributed by atoms with Crippen molar-refractivity contribution < 1.29 is 24.9 Å². The summed E-state index contributed by atoms with van der Waals surface area (Å²) in [6, 6.07) is 0. The normalized spacial score (nSPS) is 27.5. The predicted octanol–water partition coefficient (Wildman–Crippen LogP) is -0.914. The molecule has 0 aliphatic carbocycles. The zero-order chi connectivity index (χ0) is 11.4. The number of likely N-dealkylation sites (tertiary alicyclic amines) is 1. The van der Waals surface area contributed by atoms with E-state index in [1.807, 2.05) is 0 Å². The number of aliphatic hydroxyl groups excluding tert-OH is 1. The Bertz CT molecular complexity index is 255. The van der Waals surface area contributed by atoms with Gasteiger partial charge >= 0.3 is 11.9 Å². The first-order valence-electron chi connectivity index (χ1n) is 4.85. The van der Waals surface area contributed by atoms with Gasteiger partial charge in [0.1, 0.15) is 0 Å². The van der Waals surface area contributed by atoms with Crippen molar-refractivity contribution in [1.29, 1.82) is 0 Å². The van der Waals surface area contributed by atoms with E-state index in [1.54, 1.807) is 4.90 Å².